The maximum absolute atomic E-state index is 9.10. The van der Waals surface area contributed by atoms with E-state index in [1.54, 1.807) is 18.2 Å². The van der Waals surface area contributed by atoms with Gasteiger partial charge < -0.3 is 9.84 Å². The Morgan fingerprint density at radius 1 is 1.22 bits per heavy atom. The Morgan fingerprint density at radius 2 is 2.00 bits per heavy atom. The van der Waals surface area contributed by atoms with E-state index >= 15 is 0 Å². The first-order valence-electron chi connectivity index (χ1n) is 5.29. The second-order valence-corrected chi connectivity index (χ2v) is 4.60. The lowest BCUT2D eigenvalue weighted by atomic mass is 10.2. The molecule has 1 aromatic carbocycles. The first kappa shape index (κ1) is 13.1. The van der Waals surface area contributed by atoms with Gasteiger partial charge in [0.1, 0.15) is 5.75 Å². The van der Waals surface area contributed by atoms with Crippen LogP contribution in [0.4, 0.5) is 0 Å². The van der Waals surface area contributed by atoms with E-state index in [1.807, 2.05) is 13.0 Å². The number of benzene rings is 1. The van der Waals surface area contributed by atoms with E-state index < -0.39 is 0 Å². The van der Waals surface area contributed by atoms with Crippen molar-refractivity contribution in [1.82, 2.24) is 4.98 Å². The number of aliphatic hydroxyl groups excluding tert-OH is 1. The molecule has 0 fully saturated rings. The summed E-state index contributed by atoms with van der Waals surface area (Å²) in [5, 5.41) is 10.2. The summed E-state index contributed by atoms with van der Waals surface area (Å²) in [6, 6.07) is 6.93. The minimum absolute atomic E-state index is 0.155. The monoisotopic (exact) mass is 283 g/mol. The second kappa shape index (κ2) is 5.57. The lowest BCUT2D eigenvalue weighted by molar-refractivity contribution is 0.281. The highest BCUT2D eigenvalue weighted by atomic mass is 35.5. The third-order valence-electron chi connectivity index (χ3n) is 2.43. The fraction of sp³-hybridized carbons (Fsp3) is 0.154. The third-order valence-corrected chi connectivity index (χ3v) is 3.20. The van der Waals surface area contributed by atoms with Crippen LogP contribution in [0.2, 0.25) is 10.0 Å². The summed E-state index contributed by atoms with van der Waals surface area (Å²) >= 11 is 11.8. The molecule has 0 amide bonds. The van der Waals surface area contributed by atoms with Gasteiger partial charge in [-0.05, 0) is 30.7 Å². The van der Waals surface area contributed by atoms with Crippen molar-refractivity contribution in [3.63, 3.8) is 0 Å². The highest BCUT2D eigenvalue weighted by molar-refractivity contribution is 6.31. The Morgan fingerprint density at radius 3 is 2.67 bits per heavy atom. The standard InChI is InChI=1S/C13H11Cl2NO2/c1-8-4-10(2-3-11(8)14)18-13-5-9(7-17)12(15)6-16-13/h2-6,17H,7H2,1H3. The molecule has 1 N–H and O–H groups in total. The van der Waals surface area contributed by atoms with E-state index in [0.717, 1.165) is 5.56 Å². The van der Waals surface area contributed by atoms with Crippen LogP contribution in [0.25, 0.3) is 0 Å². The number of aliphatic hydroxyl groups is 1. The highest BCUT2D eigenvalue weighted by Gasteiger charge is 2.05. The molecule has 0 bridgehead atoms. The zero-order valence-corrected chi connectivity index (χ0v) is 11.2. The smallest absolute Gasteiger partial charge is 0.219 e. The third kappa shape index (κ3) is 2.93. The van der Waals surface area contributed by atoms with Crippen LogP contribution in [0.15, 0.2) is 30.5 Å². The molecule has 0 saturated heterocycles. The molecule has 0 saturated carbocycles. The molecule has 2 aromatic rings. The van der Waals surface area contributed by atoms with Crippen LogP contribution < -0.4 is 4.74 Å². The summed E-state index contributed by atoms with van der Waals surface area (Å²) < 4.78 is 5.57. The number of nitrogens with zero attached hydrogens (tertiary/aromatic N) is 1. The number of hydrogen-bond donors (Lipinski definition) is 1. The Kier molecular flexibility index (Phi) is 4.07. The van der Waals surface area contributed by atoms with Crippen molar-refractivity contribution in [2.45, 2.75) is 13.5 Å². The predicted octanol–water partition coefficient (Wildman–Crippen LogP) is 3.98. The predicted molar refractivity (Wildman–Crippen MR) is 71.4 cm³/mol. The minimum atomic E-state index is -0.155. The van der Waals surface area contributed by atoms with Crippen LogP contribution in [0.5, 0.6) is 11.6 Å². The van der Waals surface area contributed by atoms with Crippen LogP contribution in [0.1, 0.15) is 11.1 Å². The van der Waals surface area contributed by atoms with E-state index in [-0.39, 0.29) is 6.61 Å². The van der Waals surface area contributed by atoms with E-state index in [9.17, 15) is 0 Å². The summed E-state index contributed by atoms with van der Waals surface area (Å²) in [4.78, 5) is 4.04. The SMILES string of the molecule is Cc1cc(Oc2cc(CO)c(Cl)cn2)ccc1Cl. The van der Waals surface area contributed by atoms with E-state index in [1.165, 1.54) is 6.20 Å². The Balaban J connectivity index is 2.25. The largest absolute Gasteiger partial charge is 0.439 e. The molecule has 0 atom stereocenters. The maximum atomic E-state index is 9.10. The quantitative estimate of drug-likeness (QED) is 0.926. The van der Waals surface area contributed by atoms with Crippen LogP contribution in [0, 0.1) is 6.92 Å². The van der Waals surface area contributed by atoms with Crippen LogP contribution >= 0.6 is 23.2 Å². The van der Waals surface area contributed by atoms with Gasteiger partial charge in [0.25, 0.3) is 0 Å². The van der Waals surface area contributed by atoms with Crippen molar-refractivity contribution < 1.29 is 9.84 Å². The summed E-state index contributed by atoms with van der Waals surface area (Å²) in [5.41, 5.74) is 1.50. The van der Waals surface area contributed by atoms with E-state index in [2.05, 4.69) is 4.98 Å². The van der Waals surface area contributed by atoms with Gasteiger partial charge in [-0.2, -0.15) is 0 Å². The van der Waals surface area contributed by atoms with Gasteiger partial charge in [0.05, 0.1) is 11.6 Å². The van der Waals surface area contributed by atoms with Crippen molar-refractivity contribution >= 4 is 23.2 Å². The lowest BCUT2D eigenvalue weighted by Gasteiger charge is -2.08. The van der Waals surface area contributed by atoms with E-state index in [4.69, 9.17) is 33.0 Å². The molecule has 18 heavy (non-hydrogen) atoms. The van der Waals surface area contributed by atoms with Crippen LogP contribution in [0.3, 0.4) is 0 Å². The van der Waals surface area contributed by atoms with Crippen molar-refractivity contribution in [2.75, 3.05) is 0 Å². The molecule has 0 aliphatic rings. The van der Waals surface area contributed by atoms with Gasteiger partial charge in [0, 0.05) is 22.8 Å². The molecule has 0 aliphatic carbocycles. The zero-order valence-electron chi connectivity index (χ0n) is 9.65. The van der Waals surface area contributed by atoms with Gasteiger partial charge in [0.2, 0.25) is 5.88 Å². The van der Waals surface area contributed by atoms with Crippen LogP contribution in [-0.2, 0) is 6.61 Å². The number of pyridine rings is 1. The van der Waals surface area contributed by atoms with Gasteiger partial charge >= 0.3 is 0 Å². The van der Waals surface area contributed by atoms with Gasteiger partial charge in [-0.1, -0.05) is 23.2 Å². The van der Waals surface area contributed by atoms with Crippen molar-refractivity contribution in [3.8, 4) is 11.6 Å². The molecule has 1 aromatic heterocycles. The average molecular weight is 284 g/mol. The fourth-order valence-corrected chi connectivity index (χ4v) is 1.72. The number of aromatic nitrogens is 1. The highest BCUT2D eigenvalue weighted by Crippen LogP contribution is 2.26. The van der Waals surface area contributed by atoms with E-state index in [0.29, 0.717) is 27.2 Å². The van der Waals surface area contributed by atoms with Gasteiger partial charge in [-0.3, -0.25) is 0 Å². The average Bonchev–Trinajstić information content (AvgIpc) is 2.36. The van der Waals surface area contributed by atoms with Crippen molar-refractivity contribution in [1.29, 1.82) is 0 Å². The number of rotatable bonds is 3. The number of halogens is 2. The van der Waals surface area contributed by atoms with Crippen LogP contribution in [-0.4, -0.2) is 10.1 Å². The number of hydrogen-bond acceptors (Lipinski definition) is 3. The topological polar surface area (TPSA) is 42.4 Å². The summed E-state index contributed by atoms with van der Waals surface area (Å²) in [6.07, 6.45) is 1.45. The second-order valence-electron chi connectivity index (χ2n) is 3.79. The number of ether oxygens (including phenoxy) is 1. The van der Waals surface area contributed by atoms with Gasteiger partial charge in [0.15, 0.2) is 0 Å². The molecule has 2 rings (SSSR count). The van der Waals surface area contributed by atoms with Gasteiger partial charge in [-0.15, -0.1) is 0 Å². The fourth-order valence-electron chi connectivity index (χ4n) is 1.44. The Bertz CT molecular complexity index is 573. The molecular formula is C13H11Cl2NO2. The summed E-state index contributed by atoms with van der Waals surface area (Å²) in [7, 11) is 0. The zero-order chi connectivity index (χ0) is 13.1. The number of aryl methyl sites for hydroxylation is 1. The molecule has 5 heteroatoms. The molecule has 3 nitrogen and oxygen atoms in total. The summed E-state index contributed by atoms with van der Waals surface area (Å²) in [5.74, 6) is 1.01. The first-order chi connectivity index (χ1) is 8.60. The molecule has 1 heterocycles. The summed E-state index contributed by atoms with van der Waals surface area (Å²) in [6.45, 7) is 1.74. The Hall–Kier alpha value is -1.29. The van der Waals surface area contributed by atoms with Gasteiger partial charge in [-0.25, -0.2) is 4.98 Å². The molecular weight excluding hydrogens is 273 g/mol. The first-order valence-corrected chi connectivity index (χ1v) is 6.05. The maximum Gasteiger partial charge on any atom is 0.219 e. The molecule has 0 spiro atoms. The van der Waals surface area contributed by atoms with Crippen molar-refractivity contribution in [3.05, 3.63) is 51.6 Å². The Labute approximate surface area is 115 Å². The molecule has 94 valence electrons. The molecule has 0 aliphatic heterocycles. The molecule has 0 radical (unpaired) electrons. The molecule has 0 unspecified atom stereocenters. The van der Waals surface area contributed by atoms with Crippen molar-refractivity contribution in [2.24, 2.45) is 0 Å². The minimum Gasteiger partial charge on any atom is -0.439 e. The lowest BCUT2D eigenvalue weighted by Crippen LogP contribution is -1.92. The normalized spacial score (nSPS) is 10.4.